The topological polar surface area (TPSA) is 89.1 Å². The maximum absolute atomic E-state index is 11.0. The molecule has 0 aromatic carbocycles. The summed E-state index contributed by atoms with van der Waals surface area (Å²) in [6, 6.07) is 1.81. The molecule has 62 valence electrons. The van der Waals surface area contributed by atoms with Crippen LogP contribution in [0.1, 0.15) is 0 Å². The molecule has 0 aliphatic carbocycles. The number of rotatable bonds is 0. The van der Waals surface area contributed by atoms with E-state index in [1.807, 2.05) is 6.07 Å². The molecule has 0 bridgehead atoms. The Morgan fingerprint density at radius 1 is 1.83 bits per heavy atom. The Hall–Kier alpha value is -1.35. The fraction of sp³-hybridized carbons (Fsp3) is 0.333. The Kier molecular flexibility index (Phi) is 2.45. The first-order valence-electron chi connectivity index (χ1n) is 3.10. The summed E-state index contributed by atoms with van der Waals surface area (Å²) in [6.07, 6.45) is 1.72. The maximum atomic E-state index is 11.0. The van der Waals surface area contributed by atoms with Gasteiger partial charge in [0.05, 0.1) is 6.07 Å². The number of nitrogens with one attached hydrogen (secondary N) is 2. The van der Waals surface area contributed by atoms with Crippen LogP contribution in [0.15, 0.2) is 4.99 Å². The fourth-order valence-electron chi connectivity index (χ4n) is 0.781. The molecule has 0 aromatic rings. The zero-order valence-electron chi connectivity index (χ0n) is 6.29. The van der Waals surface area contributed by atoms with Gasteiger partial charge in [-0.05, 0) is 6.26 Å². The second-order valence-corrected chi connectivity index (χ2v) is 2.88. The van der Waals surface area contributed by atoms with Gasteiger partial charge in [-0.2, -0.15) is 5.26 Å². The lowest BCUT2D eigenvalue weighted by Gasteiger charge is -2.15. The van der Waals surface area contributed by atoms with Crippen LogP contribution in [0.4, 0.5) is 0 Å². The predicted octanol–water partition coefficient (Wildman–Crippen LogP) is -0.0478. The molecule has 1 aliphatic rings. The van der Waals surface area contributed by atoms with E-state index in [0.717, 1.165) is 0 Å². The number of hydrogen-bond donors (Lipinski definition) is 2. The summed E-state index contributed by atoms with van der Waals surface area (Å²) in [7, 11) is 0. The van der Waals surface area contributed by atoms with Gasteiger partial charge < -0.3 is 0 Å². The minimum Gasteiger partial charge on any atom is -0.293 e. The summed E-state index contributed by atoms with van der Waals surface area (Å²) < 4.78 is 0. The molecule has 1 unspecified atom stereocenters. The first kappa shape index (κ1) is 8.74. The molecular formula is C6H6N4OS. The van der Waals surface area contributed by atoms with Crippen molar-refractivity contribution in [3.63, 3.8) is 0 Å². The van der Waals surface area contributed by atoms with Crippen LogP contribution >= 0.6 is 11.8 Å². The normalized spacial score (nSPS) is 22.7. The van der Waals surface area contributed by atoms with Gasteiger partial charge in [0.25, 0.3) is 5.91 Å². The molecule has 0 aromatic heterocycles. The van der Waals surface area contributed by atoms with E-state index >= 15 is 0 Å². The van der Waals surface area contributed by atoms with Gasteiger partial charge in [0.15, 0.2) is 5.92 Å². The molecule has 1 atom stereocenters. The Morgan fingerprint density at radius 3 is 3.00 bits per heavy atom. The third-order valence-electron chi connectivity index (χ3n) is 1.31. The summed E-state index contributed by atoms with van der Waals surface area (Å²) in [5, 5.41) is 18.2. The van der Waals surface area contributed by atoms with Gasteiger partial charge in [-0.1, -0.05) is 0 Å². The smallest absolute Gasteiger partial charge is 0.250 e. The Bertz CT molecular complexity index is 303. The highest BCUT2D eigenvalue weighted by Crippen LogP contribution is 2.13. The van der Waals surface area contributed by atoms with Gasteiger partial charge in [-0.25, -0.2) is 4.99 Å². The molecule has 1 aliphatic heterocycles. The van der Waals surface area contributed by atoms with E-state index in [1.54, 1.807) is 6.26 Å². The Morgan fingerprint density at radius 2 is 2.50 bits per heavy atom. The fourth-order valence-corrected chi connectivity index (χ4v) is 1.36. The number of nitrogens with zero attached hydrogens (tertiary/aromatic N) is 2. The average molecular weight is 182 g/mol. The van der Waals surface area contributed by atoms with Gasteiger partial charge >= 0.3 is 0 Å². The highest BCUT2D eigenvalue weighted by molar-refractivity contribution is 8.13. The predicted molar refractivity (Wildman–Crippen MR) is 45.9 cm³/mol. The molecule has 6 heteroatoms. The number of thioether (sulfide) groups is 1. The second-order valence-electron chi connectivity index (χ2n) is 2.05. The van der Waals surface area contributed by atoms with Crippen molar-refractivity contribution in [1.29, 1.82) is 10.7 Å². The average Bonchev–Trinajstić information content (AvgIpc) is 2.03. The molecule has 0 saturated carbocycles. The van der Waals surface area contributed by atoms with Crippen molar-refractivity contribution in [2.75, 3.05) is 6.26 Å². The molecule has 0 saturated heterocycles. The third kappa shape index (κ3) is 1.46. The zero-order valence-corrected chi connectivity index (χ0v) is 7.10. The zero-order chi connectivity index (χ0) is 9.14. The maximum Gasteiger partial charge on any atom is 0.250 e. The number of guanidine groups is 1. The van der Waals surface area contributed by atoms with Gasteiger partial charge in [0, 0.05) is 0 Å². The van der Waals surface area contributed by atoms with Crippen LogP contribution in [-0.2, 0) is 4.79 Å². The summed E-state index contributed by atoms with van der Waals surface area (Å²) in [5.74, 6) is -1.52. The van der Waals surface area contributed by atoms with Crippen LogP contribution in [0.2, 0.25) is 0 Å². The van der Waals surface area contributed by atoms with Crippen molar-refractivity contribution >= 4 is 28.7 Å². The SMILES string of the molecule is CSC1=NC(=N)NC(=O)C1C#N. The molecule has 1 amide bonds. The highest BCUT2D eigenvalue weighted by Gasteiger charge is 2.28. The van der Waals surface area contributed by atoms with Crippen molar-refractivity contribution in [3.8, 4) is 6.07 Å². The highest BCUT2D eigenvalue weighted by atomic mass is 32.2. The molecule has 0 spiro atoms. The van der Waals surface area contributed by atoms with E-state index in [-0.39, 0.29) is 5.96 Å². The van der Waals surface area contributed by atoms with E-state index in [4.69, 9.17) is 10.7 Å². The number of carbonyl (C=O) groups is 1. The van der Waals surface area contributed by atoms with Gasteiger partial charge in [-0.3, -0.25) is 15.5 Å². The summed E-state index contributed by atoms with van der Waals surface area (Å²) in [4.78, 5) is 14.7. The number of carbonyl (C=O) groups excluding carboxylic acids is 1. The van der Waals surface area contributed by atoms with E-state index < -0.39 is 11.8 Å². The van der Waals surface area contributed by atoms with Crippen molar-refractivity contribution in [3.05, 3.63) is 0 Å². The first-order valence-corrected chi connectivity index (χ1v) is 4.33. The molecule has 2 N–H and O–H groups in total. The lowest BCUT2D eigenvalue weighted by molar-refractivity contribution is -0.120. The number of nitriles is 1. The van der Waals surface area contributed by atoms with Gasteiger partial charge in [-0.15, -0.1) is 11.8 Å². The Balaban J connectivity index is 3.00. The minimum absolute atomic E-state index is 0.198. The summed E-state index contributed by atoms with van der Waals surface area (Å²) >= 11 is 1.21. The molecule has 0 radical (unpaired) electrons. The van der Waals surface area contributed by atoms with Crippen molar-refractivity contribution in [2.45, 2.75) is 0 Å². The van der Waals surface area contributed by atoms with Crippen molar-refractivity contribution < 1.29 is 4.79 Å². The number of hydrogen-bond acceptors (Lipinski definition) is 4. The van der Waals surface area contributed by atoms with E-state index in [9.17, 15) is 4.79 Å². The monoisotopic (exact) mass is 182 g/mol. The summed E-state index contributed by atoms with van der Waals surface area (Å²) in [6.45, 7) is 0. The molecular weight excluding hydrogens is 176 g/mol. The molecule has 5 nitrogen and oxygen atoms in total. The van der Waals surface area contributed by atoms with Crippen molar-refractivity contribution in [2.24, 2.45) is 10.9 Å². The van der Waals surface area contributed by atoms with E-state index in [2.05, 4.69) is 10.3 Å². The molecule has 12 heavy (non-hydrogen) atoms. The van der Waals surface area contributed by atoms with Crippen LogP contribution in [0.25, 0.3) is 0 Å². The number of aliphatic imine (C=N–C) groups is 1. The van der Waals surface area contributed by atoms with Crippen LogP contribution in [0, 0.1) is 22.7 Å². The lowest BCUT2D eigenvalue weighted by atomic mass is 10.1. The van der Waals surface area contributed by atoms with Crippen LogP contribution in [0.3, 0.4) is 0 Å². The largest absolute Gasteiger partial charge is 0.293 e. The quantitative estimate of drug-likeness (QED) is 0.550. The minimum atomic E-state index is -0.853. The standard InChI is InChI=1S/C6H6N4OS/c1-12-5-3(2-7)4(11)9-6(8)10-5/h3H,1H3,(H2,8,9,11). The molecule has 0 fully saturated rings. The second kappa shape index (κ2) is 3.36. The van der Waals surface area contributed by atoms with Crippen LogP contribution in [0.5, 0.6) is 0 Å². The lowest BCUT2D eigenvalue weighted by Crippen LogP contribution is -2.41. The van der Waals surface area contributed by atoms with E-state index in [0.29, 0.717) is 5.04 Å². The third-order valence-corrected chi connectivity index (χ3v) is 2.06. The number of amides is 1. The van der Waals surface area contributed by atoms with Crippen LogP contribution < -0.4 is 5.32 Å². The van der Waals surface area contributed by atoms with E-state index in [1.165, 1.54) is 11.8 Å². The first-order chi connectivity index (χ1) is 5.69. The molecule has 1 rings (SSSR count). The van der Waals surface area contributed by atoms with Crippen molar-refractivity contribution in [1.82, 2.24) is 5.32 Å². The van der Waals surface area contributed by atoms with Crippen LogP contribution in [-0.4, -0.2) is 23.2 Å². The molecule has 1 heterocycles. The Labute approximate surface area is 73.4 Å². The summed E-state index contributed by atoms with van der Waals surface area (Å²) in [5.41, 5.74) is 0. The van der Waals surface area contributed by atoms with Gasteiger partial charge in [0.2, 0.25) is 5.96 Å². The van der Waals surface area contributed by atoms with Gasteiger partial charge in [0.1, 0.15) is 5.04 Å².